The van der Waals surface area contributed by atoms with E-state index in [9.17, 15) is 4.79 Å². The highest BCUT2D eigenvalue weighted by molar-refractivity contribution is 5.88. The number of esters is 1. The summed E-state index contributed by atoms with van der Waals surface area (Å²) in [6.45, 7) is 6.27. The highest BCUT2D eigenvalue weighted by atomic mass is 16.5. The third-order valence-corrected chi connectivity index (χ3v) is 3.43. The Hall–Kier alpha value is -2.55. The second kappa shape index (κ2) is 7.14. The maximum Gasteiger partial charge on any atom is 0.336 e. The zero-order chi connectivity index (χ0) is 16.9. The lowest BCUT2D eigenvalue weighted by atomic mass is 9.86. The smallest absolute Gasteiger partial charge is 0.336 e. The molecule has 0 aliphatic heterocycles. The number of hydrogen-bond acceptors (Lipinski definition) is 3. The minimum Gasteiger partial charge on any atom is -0.497 e. The van der Waals surface area contributed by atoms with Crippen molar-refractivity contribution in [1.82, 2.24) is 0 Å². The van der Waals surface area contributed by atoms with Crippen LogP contribution < -0.4 is 9.47 Å². The Morgan fingerprint density at radius 2 is 1.65 bits per heavy atom. The predicted octanol–water partition coefficient (Wildman–Crippen LogP) is 4.61. The average Bonchev–Trinajstić information content (AvgIpc) is 2.53. The van der Waals surface area contributed by atoms with Crippen molar-refractivity contribution in [3.63, 3.8) is 0 Å². The average molecular weight is 310 g/mol. The maximum atomic E-state index is 12.1. The number of methoxy groups -OCH3 is 1. The van der Waals surface area contributed by atoms with Crippen LogP contribution in [-0.2, 0) is 10.2 Å². The molecule has 2 aromatic carbocycles. The Morgan fingerprint density at radius 1 is 1.00 bits per heavy atom. The minimum atomic E-state index is -0.391. The van der Waals surface area contributed by atoms with Crippen LogP contribution in [0.1, 0.15) is 31.9 Å². The summed E-state index contributed by atoms with van der Waals surface area (Å²) < 4.78 is 10.6. The minimum absolute atomic E-state index is 0.0867. The molecular weight excluding hydrogens is 288 g/mol. The van der Waals surface area contributed by atoms with Gasteiger partial charge in [-0.1, -0.05) is 51.1 Å². The van der Waals surface area contributed by atoms with Gasteiger partial charge in [0, 0.05) is 11.6 Å². The van der Waals surface area contributed by atoms with E-state index >= 15 is 0 Å². The van der Waals surface area contributed by atoms with Crippen LogP contribution in [0.25, 0.3) is 6.08 Å². The predicted molar refractivity (Wildman–Crippen MR) is 92.8 cm³/mol. The van der Waals surface area contributed by atoms with Crippen LogP contribution in [0, 0.1) is 0 Å². The SMILES string of the molecule is COc1ccc(/C=C/C(=O)Oc2ccccc2C(C)(C)C)cc1. The van der Waals surface area contributed by atoms with Gasteiger partial charge in [0.05, 0.1) is 7.11 Å². The monoisotopic (exact) mass is 310 g/mol. The van der Waals surface area contributed by atoms with Gasteiger partial charge in [-0.05, 0) is 35.3 Å². The molecule has 3 nitrogen and oxygen atoms in total. The van der Waals surface area contributed by atoms with E-state index in [1.807, 2.05) is 48.5 Å². The first kappa shape index (κ1) is 16.8. The summed E-state index contributed by atoms with van der Waals surface area (Å²) in [6.07, 6.45) is 3.16. The number of carbonyl (C=O) groups excluding carboxylic acids is 1. The van der Waals surface area contributed by atoms with Gasteiger partial charge in [-0.15, -0.1) is 0 Å². The van der Waals surface area contributed by atoms with E-state index in [0.29, 0.717) is 5.75 Å². The van der Waals surface area contributed by atoms with Crippen molar-refractivity contribution in [3.8, 4) is 11.5 Å². The van der Waals surface area contributed by atoms with Crippen molar-refractivity contribution in [3.05, 3.63) is 65.7 Å². The summed E-state index contributed by atoms with van der Waals surface area (Å²) in [4.78, 5) is 12.1. The highest BCUT2D eigenvalue weighted by Crippen LogP contribution is 2.31. The van der Waals surface area contributed by atoms with Crippen LogP contribution in [0.5, 0.6) is 11.5 Å². The zero-order valence-electron chi connectivity index (χ0n) is 14.0. The Balaban J connectivity index is 2.09. The van der Waals surface area contributed by atoms with E-state index in [2.05, 4.69) is 20.8 Å². The fourth-order valence-corrected chi connectivity index (χ4v) is 2.20. The number of benzene rings is 2. The van der Waals surface area contributed by atoms with Gasteiger partial charge in [0.1, 0.15) is 11.5 Å². The first-order chi connectivity index (χ1) is 10.9. The second-order valence-corrected chi connectivity index (χ2v) is 6.27. The third kappa shape index (κ3) is 4.71. The summed E-state index contributed by atoms with van der Waals surface area (Å²) in [5.74, 6) is 0.991. The van der Waals surface area contributed by atoms with E-state index < -0.39 is 5.97 Å². The van der Waals surface area contributed by atoms with E-state index in [1.165, 1.54) is 6.08 Å². The lowest BCUT2D eigenvalue weighted by molar-refractivity contribution is -0.128. The molecule has 0 saturated heterocycles. The molecular formula is C20H22O3. The van der Waals surface area contributed by atoms with E-state index in [4.69, 9.17) is 9.47 Å². The molecule has 0 unspecified atom stereocenters. The number of carbonyl (C=O) groups is 1. The molecule has 120 valence electrons. The van der Waals surface area contributed by atoms with Crippen LogP contribution in [0.2, 0.25) is 0 Å². The van der Waals surface area contributed by atoms with Gasteiger partial charge in [-0.2, -0.15) is 0 Å². The van der Waals surface area contributed by atoms with Gasteiger partial charge in [0.25, 0.3) is 0 Å². The van der Waals surface area contributed by atoms with Gasteiger partial charge >= 0.3 is 5.97 Å². The number of hydrogen-bond donors (Lipinski definition) is 0. The van der Waals surface area contributed by atoms with Crippen molar-refractivity contribution >= 4 is 12.0 Å². The van der Waals surface area contributed by atoms with Gasteiger partial charge in [-0.25, -0.2) is 4.79 Å². The fraction of sp³-hybridized carbons (Fsp3) is 0.250. The molecule has 0 spiro atoms. The van der Waals surface area contributed by atoms with Crippen LogP contribution in [0.4, 0.5) is 0 Å². The third-order valence-electron chi connectivity index (χ3n) is 3.43. The number of para-hydroxylation sites is 1. The quantitative estimate of drug-likeness (QED) is 0.470. The molecule has 0 amide bonds. The Kier molecular flexibility index (Phi) is 5.22. The molecule has 3 heteroatoms. The fourth-order valence-electron chi connectivity index (χ4n) is 2.20. The van der Waals surface area contributed by atoms with Crippen molar-refractivity contribution in [2.24, 2.45) is 0 Å². The first-order valence-corrected chi connectivity index (χ1v) is 7.53. The van der Waals surface area contributed by atoms with Crippen LogP contribution in [0.3, 0.4) is 0 Å². The van der Waals surface area contributed by atoms with Crippen LogP contribution in [0.15, 0.2) is 54.6 Å². The largest absolute Gasteiger partial charge is 0.497 e. The molecule has 0 aromatic heterocycles. The lowest BCUT2D eigenvalue weighted by Gasteiger charge is -2.21. The van der Waals surface area contributed by atoms with Crippen molar-refractivity contribution < 1.29 is 14.3 Å². The van der Waals surface area contributed by atoms with Gasteiger partial charge in [0.15, 0.2) is 0 Å². The van der Waals surface area contributed by atoms with Crippen molar-refractivity contribution in [2.75, 3.05) is 7.11 Å². The van der Waals surface area contributed by atoms with Crippen LogP contribution in [-0.4, -0.2) is 13.1 Å². The molecule has 0 saturated carbocycles. The molecule has 0 heterocycles. The van der Waals surface area contributed by atoms with Crippen molar-refractivity contribution in [1.29, 1.82) is 0 Å². The summed E-state index contributed by atoms with van der Waals surface area (Å²) >= 11 is 0. The second-order valence-electron chi connectivity index (χ2n) is 6.27. The molecule has 23 heavy (non-hydrogen) atoms. The molecule has 0 fully saturated rings. The summed E-state index contributed by atoms with van der Waals surface area (Å²) in [5, 5.41) is 0. The normalized spacial score (nSPS) is 11.5. The molecule has 0 bridgehead atoms. The van der Waals surface area contributed by atoms with Crippen molar-refractivity contribution in [2.45, 2.75) is 26.2 Å². The summed E-state index contributed by atoms with van der Waals surface area (Å²) in [6, 6.07) is 15.1. The van der Waals surface area contributed by atoms with Gasteiger partial charge < -0.3 is 9.47 Å². The number of ether oxygens (including phenoxy) is 2. The maximum absolute atomic E-state index is 12.1. The molecule has 0 aliphatic carbocycles. The van der Waals surface area contributed by atoms with Crippen LogP contribution >= 0.6 is 0 Å². The number of rotatable bonds is 4. The Bertz CT molecular complexity index is 692. The zero-order valence-corrected chi connectivity index (χ0v) is 14.0. The van der Waals surface area contributed by atoms with Gasteiger partial charge in [-0.3, -0.25) is 0 Å². The molecule has 2 aromatic rings. The van der Waals surface area contributed by atoms with E-state index in [1.54, 1.807) is 13.2 Å². The molecule has 0 N–H and O–H groups in total. The molecule has 0 atom stereocenters. The molecule has 2 rings (SSSR count). The molecule has 0 aliphatic rings. The molecule has 0 radical (unpaired) electrons. The standard InChI is InChI=1S/C20H22O3/c1-20(2,3)17-7-5-6-8-18(17)23-19(21)14-11-15-9-12-16(22-4)13-10-15/h5-14H,1-4H3/b14-11+. The van der Waals surface area contributed by atoms with E-state index in [-0.39, 0.29) is 5.41 Å². The lowest BCUT2D eigenvalue weighted by Crippen LogP contribution is -2.15. The summed E-state index contributed by atoms with van der Waals surface area (Å²) in [5.41, 5.74) is 1.83. The van der Waals surface area contributed by atoms with E-state index in [0.717, 1.165) is 16.9 Å². The summed E-state index contributed by atoms with van der Waals surface area (Å²) in [7, 11) is 1.62. The highest BCUT2D eigenvalue weighted by Gasteiger charge is 2.19. The topological polar surface area (TPSA) is 35.5 Å². The Labute approximate surface area is 137 Å². The van der Waals surface area contributed by atoms with Gasteiger partial charge in [0.2, 0.25) is 0 Å². The first-order valence-electron chi connectivity index (χ1n) is 7.53. The Morgan fingerprint density at radius 3 is 2.26 bits per heavy atom.